The Morgan fingerprint density at radius 1 is 1.25 bits per heavy atom. The van der Waals surface area contributed by atoms with Crippen LogP contribution in [0.2, 0.25) is 0 Å². The summed E-state index contributed by atoms with van der Waals surface area (Å²) in [7, 11) is 3.87. The summed E-state index contributed by atoms with van der Waals surface area (Å²) in [6, 6.07) is 0. The molecular weight excluding hydrogens is 154 g/mol. The van der Waals surface area contributed by atoms with Crippen molar-refractivity contribution in [2.45, 2.75) is 20.0 Å². The number of ether oxygens (including phenoxy) is 1. The Balaban J connectivity index is 3.25. The van der Waals surface area contributed by atoms with Crippen molar-refractivity contribution in [2.75, 3.05) is 33.9 Å². The highest BCUT2D eigenvalue weighted by atomic mass is 16.5. The van der Waals surface area contributed by atoms with Crippen molar-refractivity contribution in [3.8, 4) is 0 Å². The van der Waals surface area contributed by atoms with Gasteiger partial charge in [0.05, 0.1) is 12.7 Å². The van der Waals surface area contributed by atoms with E-state index in [-0.39, 0.29) is 6.10 Å². The van der Waals surface area contributed by atoms with Crippen LogP contribution in [0, 0.1) is 5.92 Å². The summed E-state index contributed by atoms with van der Waals surface area (Å²) in [5.74, 6) is 0.538. The van der Waals surface area contributed by atoms with Crippen LogP contribution in [-0.2, 0) is 4.74 Å². The van der Waals surface area contributed by atoms with Gasteiger partial charge in [0, 0.05) is 13.2 Å². The Hall–Kier alpha value is -0.120. The maximum atomic E-state index is 9.37. The van der Waals surface area contributed by atoms with E-state index >= 15 is 0 Å². The molecule has 0 saturated carbocycles. The quantitative estimate of drug-likeness (QED) is 0.641. The van der Waals surface area contributed by atoms with Gasteiger partial charge in [-0.15, -0.1) is 0 Å². The molecule has 0 rings (SSSR count). The van der Waals surface area contributed by atoms with Gasteiger partial charge in [-0.25, -0.2) is 0 Å². The third-order valence-electron chi connectivity index (χ3n) is 1.34. The minimum atomic E-state index is -0.362. The summed E-state index contributed by atoms with van der Waals surface area (Å²) in [5, 5.41) is 9.37. The van der Waals surface area contributed by atoms with Crippen LogP contribution >= 0.6 is 0 Å². The number of hydrogen-bond donors (Lipinski definition) is 1. The second-order valence-electron chi connectivity index (χ2n) is 3.85. The molecule has 0 unspecified atom stereocenters. The van der Waals surface area contributed by atoms with Gasteiger partial charge in [0.15, 0.2) is 0 Å². The van der Waals surface area contributed by atoms with Gasteiger partial charge in [0.25, 0.3) is 0 Å². The number of hydrogen-bond acceptors (Lipinski definition) is 3. The normalized spacial score (nSPS) is 14.2. The van der Waals surface area contributed by atoms with Gasteiger partial charge < -0.3 is 14.7 Å². The van der Waals surface area contributed by atoms with Crippen LogP contribution in [0.1, 0.15) is 13.8 Å². The van der Waals surface area contributed by atoms with Gasteiger partial charge >= 0.3 is 0 Å². The van der Waals surface area contributed by atoms with E-state index in [0.29, 0.717) is 19.1 Å². The maximum absolute atomic E-state index is 9.37. The van der Waals surface area contributed by atoms with Crippen LogP contribution in [0.25, 0.3) is 0 Å². The molecule has 3 nitrogen and oxygen atoms in total. The lowest BCUT2D eigenvalue weighted by Crippen LogP contribution is -2.30. The first kappa shape index (κ1) is 11.9. The van der Waals surface area contributed by atoms with Crippen molar-refractivity contribution in [1.82, 2.24) is 4.90 Å². The molecule has 0 radical (unpaired) electrons. The Bertz CT molecular complexity index is 105. The number of aliphatic hydroxyl groups excluding tert-OH is 1. The van der Waals surface area contributed by atoms with Crippen molar-refractivity contribution in [2.24, 2.45) is 5.92 Å². The summed E-state index contributed by atoms with van der Waals surface area (Å²) in [6.07, 6.45) is -0.362. The van der Waals surface area contributed by atoms with Crippen molar-refractivity contribution >= 4 is 0 Å². The van der Waals surface area contributed by atoms with E-state index in [1.54, 1.807) is 0 Å². The summed E-state index contributed by atoms with van der Waals surface area (Å²) in [5.41, 5.74) is 0. The van der Waals surface area contributed by atoms with E-state index in [1.165, 1.54) is 0 Å². The van der Waals surface area contributed by atoms with E-state index in [1.807, 2.05) is 19.0 Å². The smallest absolute Gasteiger partial charge is 0.0899 e. The first-order chi connectivity index (χ1) is 5.52. The van der Waals surface area contributed by atoms with Crippen LogP contribution < -0.4 is 0 Å². The number of aliphatic hydroxyl groups is 1. The van der Waals surface area contributed by atoms with Gasteiger partial charge in [0.1, 0.15) is 0 Å². The largest absolute Gasteiger partial charge is 0.389 e. The van der Waals surface area contributed by atoms with Gasteiger partial charge in [-0.1, -0.05) is 13.8 Å². The average Bonchev–Trinajstić information content (AvgIpc) is 1.84. The molecule has 1 atom stereocenters. The van der Waals surface area contributed by atoms with E-state index in [2.05, 4.69) is 13.8 Å². The molecule has 0 aliphatic heterocycles. The van der Waals surface area contributed by atoms with Crippen LogP contribution in [0.5, 0.6) is 0 Å². The lowest BCUT2D eigenvalue weighted by Gasteiger charge is -2.16. The zero-order valence-corrected chi connectivity index (χ0v) is 8.58. The molecule has 0 fully saturated rings. The molecule has 0 aromatic heterocycles. The fraction of sp³-hybridized carbons (Fsp3) is 1.00. The summed E-state index contributed by atoms with van der Waals surface area (Å²) in [4.78, 5) is 1.95. The monoisotopic (exact) mass is 175 g/mol. The molecule has 0 spiro atoms. The fourth-order valence-corrected chi connectivity index (χ4v) is 0.914. The van der Waals surface area contributed by atoms with Crippen LogP contribution in [0.4, 0.5) is 0 Å². The standard InChI is InChI=1S/C9H21NO2/c1-8(2)6-12-7-9(11)5-10(3)4/h8-9,11H,5-7H2,1-4H3/t9-/m1/s1. The Morgan fingerprint density at radius 2 is 1.83 bits per heavy atom. The van der Waals surface area contributed by atoms with Crippen molar-refractivity contribution in [3.63, 3.8) is 0 Å². The molecule has 0 aliphatic carbocycles. The van der Waals surface area contributed by atoms with E-state index < -0.39 is 0 Å². The second kappa shape index (κ2) is 6.40. The SMILES string of the molecule is CC(C)COC[C@H](O)CN(C)C. The molecular formula is C9H21NO2. The molecule has 0 saturated heterocycles. The first-order valence-corrected chi connectivity index (χ1v) is 4.43. The second-order valence-corrected chi connectivity index (χ2v) is 3.85. The molecule has 12 heavy (non-hydrogen) atoms. The summed E-state index contributed by atoms with van der Waals surface area (Å²) in [6.45, 7) is 6.02. The Morgan fingerprint density at radius 3 is 2.25 bits per heavy atom. The average molecular weight is 175 g/mol. The van der Waals surface area contributed by atoms with Gasteiger partial charge in [-0.05, 0) is 20.0 Å². The molecule has 0 aromatic rings. The van der Waals surface area contributed by atoms with Crippen LogP contribution in [0.15, 0.2) is 0 Å². The van der Waals surface area contributed by atoms with E-state index in [9.17, 15) is 5.11 Å². The van der Waals surface area contributed by atoms with Crippen molar-refractivity contribution < 1.29 is 9.84 Å². The maximum Gasteiger partial charge on any atom is 0.0899 e. The zero-order valence-electron chi connectivity index (χ0n) is 8.58. The van der Waals surface area contributed by atoms with E-state index in [0.717, 1.165) is 6.61 Å². The molecule has 3 heteroatoms. The predicted molar refractivity (Wildman–Crippen MR) is 50.2 cm³/mol. The highest BCUT2D eigenvalue weighted by Crippen LogP contribution is 1.94. The lowest BCUT2D eigenvalue weighted by molar-refractivity contribution is 0.0148. The van der Waals surface area contributed by atoms with E-state index in [4.69, 9.17) is 4.74 Å². The summed E-state index contributed by atoms with van der Waals surface area (Å²) >= 11 is 0. The van der Waals surface area contributed by atoms with Crippen LogP contribution in [-0.4, -0.2) is 50.0 Å². The van der Waals surface area contributed by atoms with Crippen molar-refractivity contribution in [3.05, 3.63) is 0 Å². The zero-order chi connectivity index (χ0) is 9.56. The van der Waals surface area contributed by atoms with Crippen molar-refractivity contribution in [1.29, 1.82) is 0 Å². The molecule has 0 heterocycles. The fourth-order valence-electron chi connectivity index (χ4n) is 0.914. The Kier molecular flexibility index (Phi) is 6.34. The third-order valence-corrected chi connectivity index (χ3v) is 1.34. The number of nitrogens with zero attached hydrogens (tertiary/aromatic N) is 1. The highest BCUT2D eigenvalue weighted by molar-refractivity contribution is 4.57. The van der Waals surface area contributed by atoms with Gasteiger partial charge in [-0.2, -0.15) is 0 Å². The minimum Gasteiger partial charge on any atom is -0.389 e. The highest BCUT2D eigenvalue weighted by Gasteiger charge is 2.05. The molecule has 0 bridgehead atoms. The number of rotatable bonds is 6. The molecule has 74 valence electrons. The first-order valence-electron chi connectivity index (χ1n) is 4.43. The van der Waals surface area contributed by atoms with Gasteiger partial charge in [-0.3, -0.25) is 0 Å². The minimum absolute atomic E-state index is 0.362. The Labute approximate surface area is 75.3 Å². The third kappa shape index (κ3) is 7.98. The molecule has 0 aromatic carbocycles. The van der Waals surface area contributed by atoms with Crippen LogP contribution in [0.3, 0.4) is 0 Å². The lowest BCUT2D eigenvalue weighted by atomic mass is 10.2. The van der Waals surface area contributed by atoms with Gasteiger partial charge in [0.2, 0.25) is 0 Å². The summed E-state index contributed by atoms with van der Waals surface area (Å²) < 4.78 is 5.28. The molecule has 0 amide bonds. The predicted octanol–water partition coefficient (Wildman–Crippen LogP) is 0.581. The molecule has 1 N–H and O–H groups in total. The number of likely N-dealkylation sites (N-methyl/N-ethyl adjacent to an activating group) is 1. The molecule has 0 aliphatic rings. The topological polar surface area (TPSA) is 32.7 Å².